The average molecular weight is 333 g/mol. The topological polar surface area (TPSA) is 50.5 Å². The first-order valence-electron chi connectivity index (χ1n) is 8.36. The zero-order valence-corrected chi connectivity index (χ0v) is 14.0. The first-order valence-corrected chi connectivity index (χ1v) is 8.36. The molecule has 1 N–H and O–H groups in total. The van der Waals surface area contributed by atoms with E-state index in [0.717, 1.165) is 25.2 Å². The van der Waals surface area contributed by atoms with Crippen molar-refractivity contribution in [2.24, 2.45) is 0 Å². The highest BCUT2D eigenvalue weighted by molar-refractivity contribution is 5.20. The minimum absolute atomic E-state index is 0.133. The zero-order valence-electron chi connectivity index (χ0n) is 14.0. The smallest absolute Gasteiger partial charge is 0.126 e. The number of nitrogens with zero attached hydrogens (tertiary/aromatic N) is 3. The minimum Gasteiger partial charge on any atom is -0.393 e. The number of hydrogen-bond donors (Lipinski definition) is 1. The summed E-state index contributed by atoms with van der Waals surface area (Å²) in [4.78, 5) is 2.23. The Hall–Kier alpha value is -1.76. The van der Waals surface area contributed by atoms with Gasteiger partial charge in [0, 0.05) is 44.4 Å². The van der Waals surface area contributed by atoms with Crippen LogP contribution in [0.3, 0.4) is 0 Å². The number of aliphatic hydroxyl groups is 1. The Kier molecular flexibility index (Phi) is 5.28. The van der Waals surface area contributed by atoms with E-state index in [1.54, 1.807) is 12.1 Å². The fourth-order valence-electron chi connectivity index (χ4n) is 3.22. The molecule has 0 amide bonds. The second-order valence-electron chi connectivity index (χ2n) is 6.37. The maximum atomic E-state index is 14.0. The molecule has 1 atom stereocenters. The molecule has 1 aliphatic rings. The van der Waals surface area contributed by atoms with Crippen LogP contribution in [0.4, 0.5) is 4.39 Å². The zero-order chi connectivity index (χ0) is 17.0. The first-order chi connectivity index (χ1) is 11.6. The molecule has 2 aromatic rings. The fourth-order valence-corrected chi connectivity index (χ4v) is 3.22. The summed E-state index contributed by atoms with van der Waals surface area (Å²) in [5.41, 5.74) is 0.949. The number of halogens is 1. The van der Waals surface area contributed by atoms with E-state index in [0.29, 0.717) is 25.1 Å². The number of rotatable bonds is 6. The van der Waals surface area contributed by atoms with Crippen LogP contribution < -0.4 is 0 Å². The minimum atomic E-state index is -0.763. The lowest BCUT2D eigenvalue weighted by atomic mass is 9.92. The van der Waals surface area contributed by atoms with Crippen molar-refractivity contribution < 1.29 is 14.2 Å². The molecule has 0 radical (unpaired) electrons. The standard InChI is InChI=1S/C18H24FN3O2/c1-2-22-12-15(10-20-22)11-21-7-8-24-18(13-21,14-23)9-16-5-3-4-6-17(16)19/h3-6,10,12,23H,2,7-9,11,13-14H2,1H3/t18-/m0/s1. The van der Waals surface area contributed by atoms with Crippen LogP contribution in [0.2, 0.25) is 0 Å². The second kappa shape index (κ2) is 7.42. The van der Waals surface area contributed by atoms with E-state index in [-0.39, 0.29) is 12.4 Å². The summed E-state index contributed by atoms with van der Waals surface area (Å²) in [6, 6.07) is 6.67. The van der Waals surface area contributed by atoms with Gasteiger partial charge in [-0.05, 0) is 18.6 Å². The van der Waals surface area contributed by atoms with Crippen molar-refractivity contribution in [2.75, 3.05) is 26.3 Å². The van der Waals surface area contributed by atoms with Crippen molar-refractivity contribution in [2.45, 2.75) is 32.0 Å². The van der Waals surface area contributed by atoms with Crippen LogP contribution >= 0.6 is 0 Å². The van der Waals surface area contributed by atoms with E-state index in [4.69, 9.17) is 4.74 Å². The summed E-state index contributed by atoms with van der Waals surface area (Å²) in [7, 11) is 0. The van der Waals surface area contributed by atoms with Crippen LogP contribution in [-0.4, -0.2) is 51.7 Å². The van der Waals surface area contributed by atoms with Gasteiger partial charge in [-0.1, -0.05) is 18.2 Å². The van der Waals surface area contributed by atoms with Crippen molar-refractivity contribution in [3.63, 3.8) is 0 Å². The Morgan fingerprint density at radius 3 is 2.92 bits per heavy atom. The highest BCUT2D eigenvalue weighted by Gasteiger charge is 2.37. The molecule has 0 unspecified atom stereocenters. The summed E-state index contributed by atoms with van der Waals surface area (Å²) in [5, 5.41) is 14.2. The van der Waals surface area contributed by atoms with Gasteiger partial charge in [-0.15, -0.1) is 0 Å². The van der Waals surface area contributed by atoms with Gasteiger partial charge in [0.1, 0.15) is 11.4 Å². The van der Waals surface area contributed by atoms with E-state index in [9.17, 15) is 9.50 Å². The molecule has 5 nitrogen and oxygen atoms in total. The molecule has 0 aliphatic carbocycles. The number of ether oxygens (including phenoxy) is 1. The van der Waals surface area contributed by atoms with E-state index >= 15 is 0 Å². The quantitative estimate of drug-likeness (QED) is 0.876. The molecule has 1 fully saturated rings. The predicted octanol–water partition coefficient (Wildman–Crippen LogP) is 1.85. The molecule has 130 valence electrons. The SMILES string of the molecule is CCn1cc(CN2CCO[C@@](CO)(Cc3ccccc3F)C2)cn1. The van der Waals surface area contributed by atoms with Crippen LogP contribution in [-0.2, 0) is 24.2 Å². The Labute approximate surface area is 141 Å². The largest absolute Gasteiger partial charge is 0.393 e. The Balaban J connectivity index is 1.70. The molecule has 24 heavy (non-hydrogen) atoms. The number of aliphatic hydroxyl groups excluding tert-OH is 1. The van der Waals surface area contributed by atoms with E-state index in [1.807, 2.05) is 23.1 Å². The van der Waals surface area contributed by atoms with E-state index < -0.39 is 5.60 Å². The van der Waals surface area contributed by atoms with Crippen LogP contribution in [0, 0.1) is 5.82 Å². The van der Waals surface area contributed by atoms with Gasteiger partial charge in [0.15, 0.2) is 0 Å². The Morgan fingerprint density at radius 1 is 1.38 bits per heavy atom. The van der Waals surface area contributed by atoms with Gasteiger partial charge in [0.2, 0.25) is 0 Å². The highest BCUT2D eigenvalue weighted by Crippen LogP contribution is 2.25. The van der Waals surface area contributed by atoms with Gasteiger partial charge in [-0.3, -0.25) is 9.58 Å². The summed E-state index contributed by atoms with van der Waals surface area (Å²) in [6.45, 7) is 5.39. The summed E-state index contributed by atoms with van der Waals surface area (Å²) >= 11 is 0. The molecule has 2 heterocycles. The van der Waals surface area contributed by atoms with Crippen molar-refractivity contribution in [3.05, 3.63) is 53.6 Å². The second-order valence-corrected chi connectivity index (χ2v) is 6.37. The lowest BCUT2D eigenvalue weighted by Gasteiger charge is -2.42. The van der Waals surface area contributed by atoms with Crippen LogP contribution in [0.15, 0.2) is 36.7 Å². The van der Waals surface area contributed by atoms with Crippen molar-refractivity contribution >= 4 is 0 Å². The average Bonchev–Trinajstić information content (AvgIpc) is 3.05. The summed E-state index contributed by atoms with van der Waals surface area (Å²) < 4.78 is 21.8. The highest BCUT2D eigenvalue weighted by atomic mass is 19.1. The monoisotopic (exact) mass is 333 g/mol. The van der Waals surface area contributed by atoms with Gasteiger partial charge in [0.05, 0.1) is 19.4 Å². The van der Waals surface area contributed by atoms with Crippen molar-refractivity contribution in [1.29, 1.82) is 0 Å². The van der Waals surface area contributed by atoms with E-state index in [2.05, 4.69) is 16.9 Å². The Bertz CT molecular complexity index is 676. The maximum Gasteiger partial charge on any atom is 0.126 e. The number of morpholine rings is 1. The summed E-state index contributed by atoms with van der Waals surface area (Å²) in [5.74, 6) is -0.254. The third kappa shape index (κ3) is 3.83. The number of benzene rings is 1. The van der Waals surface area contributed by atoms with Gasteiger partial charge >= 0.3 is 0 Å². The van der Waals surface area contributed by atoms with Crippen LogP contribution in [0.5, 0.6) is 0 Å². The van der Waals surface area contributed by atoms with Gasteiger partial charge in [-0.25, -0.2) is 4.39 Å². The lowest BCUT2D eigenvalue weighted by Crippen LogP contribution is -2.55. The number of hydrogen-bond acceptors (Lipinski definition) is 4. The molecular weight excluding hydrogens is 309 g/mol. The molecule has 1 aromatic heterocycles. The molecule has 1 aliphatic heterocycles. The summed E-state index contributed by atoms with van der Waals surface area (Å²) in [6.07, 6.45) is 4.27. The van der Waals surface area contributed by atoms with Gasteiger partial charge < -0.3 is 9.84 Å². The molecule has 0 spiro atoms. The molecule has 1 aromatic carbocycles. The fraction of sp³-hybridized carbons (Fsp3) is 0.500. The number of aromatic nitrogens is 2. The molecule has 3 rings (SSSR count). The molecule has 0 saturated carbocycles. The lowest BCUT2D eigenvalue weighted by molar-refractivity contribution is -0.134. The van der Waals surface area contributed by atoms with Crippen LogP contribution in [0.1, 0.15) is 18.1 Å². The van der Waals surface area contributed by atoms with Crippen molar-refractivity contribution in [3.8, 4) is 0 Å². The van der Waals surface area contributed by atoms with E-state index in [1.165, 1.54) is 6.07 Å². The third-order valence-electron chi connectivity index (χ3n) is 4.50. The van der Waals surface area contributed by atoms with Crippen molar-refractivity contribution in [1.82, 2.24) is 14.7 Å². The molecular formula is C18H24FN3O2. The molecule has 0 bridgehead atoms. The maximum absolute atomic E-state index is 14.0. The molecule has 6 heteroatoms. The molecule has 1 saturated heterocycles. The predicted molar refractivity (Wildman–Crippen MR) is 89.1 cm³/mol. The van der Waals surface area contributed by atoms with Gasteiger partial charge in [0.25, 0.3) is 0 Å². The first kappa shape index (κ1) is 17.1. The normalized spacial score (nSPS) is 22.0. The number of aryl methyl sites for hydroxylation is 1. The Morgan fingerprint density at radius 2 is 2.21 bits per heavy atom. The van der Waals surface area contributed by atoms with Gasteiger partial charge in [-0.2, -0.15) is 5.10 Å². The van der Waals surface area contributed by atoms with Crippen LogP contribution in [0.25, 0.3) is 0 Å². The third-order valence-corrected chi connectivity index (χ3v) is 4.50.